The number of carboxylic acid groups (broad SMARTS) is 1. The van der Waals surface area contributed by atoms with Crippen molar-refractivity contribution >= 4 is 17.6 Å². The van der Waals surface area contributed by atoms with Gasteiger partial charge in [0.15, 0.2) is 11.5 Å². The summed E-state index contributed by atoms with van der Waals surface area (Å²) in [5.74, 6) is 0.132. The number of carboxylic acids is 1. The summed E-state index contributed by atoms with van der Waals surface area (Å²) < 4.78 is 10.9. The highest BCUT2D eigenvalue weighted by atomic mass is 16.5. The van der Waals surface area contributed by atoms with Crippen molar-refractivity contribution in [3.8, 4) is 11.5 Å². The van der Waals surface area contributed by atoms with Crippen LogP contribution in [0.15, 0.2) is 48.5 Å². The third-order valence-corrected chi connectivity index (χ3v) is 3.13. The molecular formula is C18H18O4. The molecule has 0 aliphatic rings. The summed E-state index contributed by atoms with van der Waals surface area (Å²) in [6, 6.07) is 14.4. The summed E-state index contributed by atoms with van der Waals surface area (Å²) in [6.07, 6.45) is 1.60. The zero-order valence-corrected chi connectivity index (χ0v) is 12.6. The fourth-order valence-electron chi connectivity index (χ4n) is 2.15. The van der Waals surface area contributed by atoms with Gasteiger partial charge in [0.1, 0.15) is 0 Å². The molecule has 0 radical (unpaired) electrons. The van der Waals surface area contributed by atoms with E-state index in [1.807, 2.05) is 13.0 Å². The Labute approximate surface area is 129 Å². The maximum absolute atomic E-state index is 11.6. The van der Waals surface area contributed by atoms with Gasteiger partial charge in [0.05, 0.1) is 19.3 Å². The van der Waals surface area contributed by atoms with E-state index in [0.29, 0.717) is 29.2 Å². The zero-order valence-electron chi connectivity index (χ0n) is 12.6. The van der Waals surface area contributed by atoms with Crippen LogP contribution in [0.3, 0.4) is 0 Å². The molecule has 4 nitrogen and oxygen atoms in total. The number of ether oxygens (including phenoxy) is 2. The summed E-state index contributed by atoms with van der Waals surface area (Å²) in [5.41, 5.74) is 1.51. The Morgan fingerprint density at radius 1 is 1.14 bits per heavy atom. The molecule has 0 bridgehead atoms. The van der Waals surface area contributed by atoms with Crippen molar-refractivity contribution in [3.63, 3.8) is 0 Å². The van der Waals surface area contributed by atoms with Crippen molar-refractivity contribution in [2.45, 2.75) is 6.92 Å². The predicted molar refractivity (Wildman–Crippen MR) is 86.1 cm³/mol. The van der Waals surface area contributed by atoms with Crippen LogP contribution in [0.1, 0.15) is 18.1 Å². The second kappa shape index (κ2) is 7.31. The van der Waals surface area contributed by atoms with E-state index in [9.17, 15) is 9.90 Å². The Hall–Kier alpha value is -2.75. The maximum atomic E-state index is 11.6. The van der Waals surface area contributed by atoms with Gasteiger partial charge in [0.25, 0.3) is 0 Å². The monoisotopic (exact) mass is 298 g/mol. The van der Waals surface area contributed by atoms with Gasteiger partial charge < -0.3 is 14.6 Å². The highest BCUT2D eigenvalue weighted by Gasteiger charge is 2.14. The van der Waals surface area contributed by atoms with Crippen LogP contribution in [0, 0.1) is 0 Å². The van der Waals surface area contributed by atoms with Crippen molar-refractivity contribution in [1.29, 1.82) is 0 Å². The van der Waals surface area contributed by atoms with Crippen LogP contribution in [-0.2, 0) is 4.79 Å². The van der Waals surface area contributed by atoms with Gasteiger partial charge in [-0.2, -0.15) is 0 Å². The minimum atomic E-state index is -0.989. The number of methoxy groups -OCH3 is 1. The predicted octanol–water partition coefficient (Wildman–Crippen LogP) is 3.72. The summed E-state index contributed by atoms with van der Waals surface area (Å²) in [4.78, 5) is 11.6. The Balaban J connectivity index is 2.56. The molecule has 0 atom stereocenters. The molecule has 0 aromatic heterocycles. The summed E-state index contributed by atoms with van der Waals surface area (Å²) in [7, 11) is 1.56. The minimum absolute atomic E-state index is 0.204. The van der Waals surface area contributed by atoms with Gasteiger partial charge >= 0.3 is 5.97 Å². The van der Waals surface area contributed by atoms with Crippen LogP contribution in [0.5, 0.6) is 11.5 Å². The molecule has 0 spiro atoms. The number of rotatable bonds is 6. The van der Waals surface area contributed by atoms with Crippen molar-refractivity contribution < 1.29 is 19.4 Å². The number of para-hydroxylation sites is 1. The van der Waals surface area contributed by atoms with Crippen LogP contribution in [0.4, 0.5) is 0 Å². The van der Waals surface area contributed by atoms with Gasteiger partial charge in [-0.25, -0.2) is 4.79 Å². The van der Waals surface area contributed by atoms with Crippen LogP contribution < -0.4 is 9.47 Å². The molecule has 1 N–H and O–H groups in total. The fourth-order valence-corrected chi connectivity index (χ4v) is 2.15. The van der Waals surface area contributed by atoms with Gasteiger partial charge in [-0.05, 0) is 24.6 Å². The van der Waals surface area contributed by atoms with E-state index < -0.39 is 5.97 Å². The van der Waals surface area contributed by atoms with Crippen LogP contribution in [-0.4, -0.2) is 24.8 Å². The van der Waals surface area contributed by atoms with E-state index in [-0.39, 0.29) is 5.57 Å². The second-order valence-corrected chi connectivity index (χ2v) is 4.54. The molecule has 0 heterocycles. The molecule has 2 aromatic rings. The first kappa shape index (κ1) is 15.6. The standard InChI is InChI=1S/C18H18O4/c1-3-22-17-14(10-7-11-16(17)21-2)12-15(18(19)20)13-8-5-4-6-9-13/h4-12H,3H2,1-2H3,(H,19,20)/b15-12-. The SMILES string of the molecule is CCOc1c(/C=C(\C(=O)O)c2ccccc2)cccc1OC. The average molecular weight is 298 g/mol. The lowest BCUT2D eigenvalue weighted by Crippen LogP contribution is -2.01. The molecule has 0 saturated carbocycles. The van der Waals surface area contributed by atoms with E-state index in [2.05, 4.69) is 0 Å². The zero-order chi connectivity index (χ0) is 15.9. The molecule has 0 unspecified atom stereocenters. The Morgan fingerprint density at radius 2 is 1.86 bits per heavy atom. The van der Waals surface area contributed by atoms with E-state index >= 15 is 0 Å². The Morgan fingerprint density at radius 3 is 2.45 bits per heavy atom. The lowest BCUT2D eigenvalue weighted by Gasteiger charge is -2.12. The fraction of sp³-hybridized carbons (Fsp3) is 0.167. The highest BCUT2D eigenvalue weighted by Crippen LogP contribution is 2.33. The maximum Gasteiger partial charge on any atom is 0.336 e. The van der Waals surface area contributed by atoms with E-state index in [1.54, 1.807) is 55.7 Å². The summed E-state index contributed by atoms with van der Waals surface area (Å²) in [6.45, 7) is 2.34. The molecule has 0 aliphatic heterocycles. The Bertz CT molecular complexity index is 675. The van der Waals surface area contributed by atoms with Crippen molar-refractivity contribution in [2.24, 2.45) is 0 Å². The van der Waals surface area contributed by atoms with Crippen LogP contribution >= 0.6 is 0 Å². The number of aliphatic carboxylic acids is 1. The number of hydrogen-bond acceptors (Lipinski definition) is 3. The molecule has 0 aliphatic carbocycles. The molecule has 4 heteroatoms. The quantitative estimate of drug-likeness (QED) is 0.652. The van der Waals surface area contributed by atoms with Crippen molar-refractivity contribution in [2.75, 3.05) is 13.7 Å². The van der Waals surface area contributed by atoms with Gasteiger partial charge in [-0.3, -0.25) is 0 Å². The topological polar surface area (TPSA) is 55.8 Å². The molecule has 114 valence electrons. The molecule has 22 heavy (non-hydrogen) atoms. The molecular weight excluding hydrogens is 280 g/mol. The number of hydrogen-bond donors (Lipinski definition) is 1. The van der Waals surface area contributed by atoms with Gasteiger partial charge in [0, 0.05) is 5.56 Å². The van der Waals surface area contributed by atoms with E-state index in [1.165, 1.54) is 0 Å². The van der Waals surface area contributed by atoms with Crippen molar-refractivity contribution in [1.82, 2.24) is 0 Å². The van der Waals surface area contributed by atoms with E-state index in [0.717, 1.165) is 0 Å². The van der Waals surface area contributed by atoms with Gasteiger partial charge in [-0.15, -0.1) is 0 Å². The molecule has 2 rings (SSSR count). The summed E-state index contributed by atoms with van der Waals surface area (Å²) in [5, 5.41) is 9.49. The normalized spacial score (nSPS) is 11.1. The lowest BCUT2D eigenvalue weighted by atomic mass is 10.0. The third-order valence-electron chi connectivity index (χ3n) is 3.13. The largest absolute Gasteiger partial charge is 0.493 e. The van der Waals surface area contributed by atoms with Crippen molar-refractivity contribution in [3.05, 3.63) is 59.7 Å². The smallest absolute Gasteiger partial charge is 0.336 e. The Kier molecular flexibility index (Phi) is 5.20. The first-order valence-electron chi connectivity index (χ1n) is 6.97. The van der Waals surface area contributed by atoms with Gasteiger partial charge in [0.2, 0.25) is 0 Å². The highest BCUT2D eigenvalue weighted by molar-refractivity contribution is 6.20. The number of carbonyl (C=O) groups is 1. The lowest BCUT2D eigenvalue weighted by molar-refractivity contribution is -0.130. The number of benzene rings is 2. The summed E-state index contributed by atoms with van der Waals surface area (Å²) >= 11 is 0. The van der Waals surface area contributed by atoms with E-state index in [4.69, 9.17) is 9.47 Å². The molecule has 0 amide bonds. The minimum Gasteiger partial charge on any atom is -0.493 e. The molecule has 0 saturated heterocycles. The second-order valence-electron chi connectivity index (χ2n) is 4.54. The molecule has 0 fully saturated rings. The first-order valence-corrected chi connectivity index (χ1v) is 6.97. The van der Waals surface area contributed by atoms with Crippen LogP contribution in [0.2, 0.25) is 0 Å². The van der Waals surface area contributed by atoms with Gasteiger partial charge in [-0.1, -0.05) is 42.5 Å². The third kappa shape index (κ3) is 3.47. The first-order chi connectivity index (χ1) is 10.7. The van der Waals surface area contributed by atoms with Crippen LogP contribution in [0.25, 0.3) is 11.6 Å². The molecule has 2 aromatic carbocycles. The average Bonchev–Trinajstić information content (AvgIpc) is 2.54.